The monoisotopic (exact) mass is 330 g/mol. The van der Waals surface area contributed by atoms with Crippen LogP contribution in [0.2, 0.25) is 0 Å². The average Bonchev–Trinajstić information content (AvgIpc) is 2.96. The lowest BCUT2D eigenvalue weighted by molar-refractivity contribution is -0.123. The first-order chi connectivity index (χ1) is 11.0. The van der Waals surface area contributed by atoms with Crippen LogP contribution in [-0.4, -0.2) is 24.5 Å². The highest BCUT2D eigenvalue weighted by atomic mass is 32.1. The van der Waals surface area contributed by atoms with Crippen molar-refractivity contribution >= 4 is 29.2 Å². The van der Waals surface area contributed by atoms with Gasteiger partial charge in [-0.2, -0.15) is 0 Å². The molecule has 0 unspecified atom stereocenters. The number of carbonyl (C=O) groups is 3. The molecular formula is C16H14N2O4S. The van der Waals surface area contributed by atoms with E-state index in [2.05, 4.69) is 6.07 Å². The molecule has 1 aliphatic carbocycles. The third-order valence-electron chi connectivity index (χ3n) is 3.53. The van der Waals surface area contributed by atoms with E-state index in [1.165, 1.54) is 16.9 Å². The van der Waals surface area contributed by atoms with Gasteiger partial charge < -0.3 is 10.5 Å². The average molecular weight is 330 g/mol. The van der Waals surface area contributed by atoms with Crippen molar-refractivity contribution in [1.29, 1.82) is 0 Å². The van der Waals surface area contributed by atoms with Crippen LogP contribution in [-0.2, 0) is 22.4 Å². The van der Waals surface area contributed by atoms with Gasteiger partial charge in [0, 0.05) is 4.88 Å². The highest BCUT2D eigenvalue weighted by molar-refractivity contribution is 7.17. The minimum atomic E-state index is -0.978. The number of carbonyl (C=O) groups excluding carboxylic acids is 3. The van der Waals surface area contributed by atoms with Gasteiger partial charge in [-0.25, -0.2) is 9.59 Å². The fourth-order valence-electron chi connectivity index (χ4n) is 2.55. The molecule has 0 spiro atoms. The van der Waals surface area contributed by atoms with Gasteiger partial charge in [0.15, 0.2) is 6.61 Å². The summed E-state index contributed by atoms with van der Waals surface area (Å²) in [5.41, 5.74) is 8.34. The number of benzene rings is 1. The number of amides is 3. The molecule has 118 valence electrons. The number of imide groups is 1. The number of fused-ring (bicyclic) bond motifs is 3. The number of hydrogen-bond acceptors (Lipinski definition) is 5. The second-order valence-electron chi connectivity index (χ2n) is 5.11. The summed E-state index contributed by atoms with van der Waals surface area (Å²) in [5, 5.41) is 1.84. The molecule has 7 heteroatoms. The number of aryl methyl sites for hydroxylation is 2. The highest BCUT2D eigenvalue weighted by Gasteiger charge is 2.22. The molecule has 3 rings (SSSR count). The van der Waals surface area contributed by atoms with E-state index in [-0.39, 0.29) is 0 Å². The fraction of sp³-hybridized carbons (Fsp3) is 0.188. The number of nitrogens with two attached hydrogens (primary N) is 1. The van der Waals surface area contributed by atoms with Gasteiger partial charge in [-0.3, -0.25) is 10.1 Å². The van der Waals surface area contributed by atoms with Crippen molar-refractivity contribution < 1.29 is 19.1 Å². The van der Waals surface area contributed by atoms with Gasteiger partial charge in [-0.05, 0) is 35.6 Å². The molecule has 1 aromatic heterocycles. The molecule has 6 nitrogen and oxygen atoms in total. The number of urea groups is 1. The minimum Gasteiger partial charge on any atom is -0.451 e. The maximum Gasteiger partial charge on any atom is 0.348 e. The molecule has 0 saturated heterocycles. The molecule has 23 heavy (non-hydrogen) atoms. The van der Waals surface area contributed by atoms with Crippen LogP contribution in [0.4, 0.5) is 4.79 Å². The van der Waals surface area contributed by atoms with Crippen molar-refractivity contribution in [2.75, 3.05) is 6.61 Å². The van der Waals surface area contributed by atoms with Crippen molar-refractivity contribution in [2.24, 2.45) is 5.73 Å². The molecule has 0 aliphatic heterocycles. The smallest absolute Gasteiger partial charge is 0.348 e. The van der Waals surface area contributed by atoms with E-state index in [4.69, 9.17) is 10.5 Å². The van der Waals surface area contributed by atoms with Gasteiger partial charge in [-0.1, -0.05) is 24.3 Å². The maximum atomic E-state index is 12.1. The predicted octanol–water partition coefficient (Wildman–Crippen LogP) is 1.87. The fourth-order valence-corrected chi connectivity index (χ4v) is 3.71. The number of rotatable bonds is 3. The summed E-state index contributed by atoms with van der Waals surface area (Å²) in [5.74, 6) is -1.33. The first-order valence-electron chi connectivity index (χ1n) is 7.02. The van der Waals surface area contributed by atoms with Gasteiger partial charge in [0.2, 0.25) is 0 Å². The van der Waals surface area contributed by atoms with E-state index in [0.717, 1.165) is 28.8 Å². The highest BCUT2D eigenvalue weighted by Crippen LogP contribution is 2.39. The Kier molecular flexibility index (Phi) is 4.12. The van der Waals surface area contributed by atoms with Crippen molar-refractivity contribution in [3.05, 3.63) is 46.3 Å². The number of ether oxygens (including phenoxy) is 1. The third kappa shape index (κ3) is 3.24. The molecule has 0 atom stereocenters. The van der Waals surface area contributed by atoms with Gasteiger partial charge in [-0.15, -0.1) is 11.3 Å². The Morgan fingerprint density at radius 3 is 2.70 bits per heavy atom. The number of thiophene rings is 1. The van der Waals surface area contributed by atoms with E-state index in [9.17, 15) is 14.4 Å². The minimum absolute atomic E-state index is 0.443. The molecule has 3 amide bonds. The Bertz CT molecular complexity index is 797. The lowest BCUT2D eigenvalue weighted by Gasteiger charge is -2.15. The summed E-state index contributed by atoms with van der Waals surface area (Å²) in [6.45, 7) is -0.541. The first-order valence-corrected chi connectivity index (χ1v) is 7.83. The zero-order valence-corrected chi connectivity index (χ0v) is 12.9. The molecule has 1 heterocycles. The molecule has 0 fully saturated rings. The summed E-state index contributed by atoms with van der Waals surface area (Å²) in [6, 6.07) is 8.94. The molecule has 0 saturated carbocycles. The Morgan fingerprint density at radius 1 is 1.17 bits per heavy atom. The second kappa shape index (κ2) is 6.21. The van der Waals surface area contributed by atoms with Gasteiger partial charge in [0.05, 0.1) is 0 Å². The number of primary amides is 1. The first kappa shape index (κ1) is 15.2. The van der Waals surface area contributed by atoms with E-state index in [1.54, 1.807) is 0 Å². The van der Waals surface area contributed by atoms with Crippen LogP contribution >= 0.6 is 11.3 Å². The van der Waals surface area contributed by atoms with Gasteiger partial charge in [0.1, 0.15) is 4.88 Å². The van der Waals surface area contributed by atoms with Crippen molar-refractivity contribution in [1.82, 2.24) is 5.32 Å². The van der Waals surface area contributed by atoms with Crippen molar-refractivity contribution in [3.8, 4) is 10.4 Å². The number of esters is 1. The summed E-state index contributed by atoms with van der Waals surface area (Å²) in [7, 11) is 0. The summed E-state index contributed by atoms with van der Waals surface area (Å²) in [6.07, 6.45) is 1.81. The van der Waals surface area contributed by atoms with Crippen LogP contribution < -0.4 is 11.1 Å². The zero-order valence-electron chi connectivity index (χ0n) is 12.1. The predicted molar refractivity (Wildman–Crippen MR) is 85.2 cm³/mol. The Balaban J connectivity index is 1.74. The maximum absolute atomic E-state index is 12.1. The largest absolute Gasteiger partial charge is 0.451 e. The van der Waals surface area contributed by atoms with Crippen molar-refractivity contribution in [3.63, 3.8) is 0 Å². The standard InChI is InChI=1S/C16H14N2O4S/c17-16(21)18-13(19)8-22-15(20)12-7-10-6-5-9-3-1-2-4-11(9)14(10)23-12/h1-4,7H,5-6,8H2,(H3,17,18,19,21). The topological polar surface area (TPSA) is 98.5 Å². The Hall–Kier alpha value is -2.67. The SMILES string of the molecule is NC(=O)NC(=O)COC(=O)c1cc2c(s1)-c1ccccc1CC2. The number of nitrogens with one attached hydrogen (secondary N) is 1. The van der Waals surface area contributed by atoms with Gasteiger partial charge >= 0.3 is 12.0 Å². The van der Waals surface area contributed by atoms with E-state index < -0.39 is 24.5 Å². The van der Waals surface area contributed by atoms with Gasteiger partial charge in [0.25, 0.3) is 5.91 Å². The van der Waals surface area contributed by atoms with Crippen LogP contribution in [0.5, 0.6) is 0 Å². The van der Waals surface area contributed by atoms with E-state index >= 15 is 0 Å². The van der Waals surface area contributed by atoms with Crippen LogP contribution in [0, 0.1) is 0 Å². The van der Waals surface area contributed by atoms with Crippen LogP contribution in [0.1, 0.15) is 20.8 Å². The summed E-state index contributed by atoms with van der Waals surface area (Å²) < 4.78 is 4.91. The zero-order chi connectivity index (χ0) is 16.4. The molecule has 3 N–H and O–H groups in total. The molecule has 0 radical (unpaired) electrons. The van der Waals surface area contributed by atoms with E-state index in [1.807, 2.05) is 29.6 Å². The summed E-state index contributed by atoms with van der Waals surface area (Å²) >= 11 is 1.35. The molecule has 1 aliphatic rings. The lowest BCUT2D eigenvalue weighted by atomic mass is 9.91. The van der Waals surface area contributed by atoms with Crippen LogP contribution in [0.25, 0.3) is 10.4 Å². The third-order valence-corrected chi connectivity index (χ3v) is 4.72. The Morgan fingerprint density at radius 2 is 1.91 bits per heavy atom. The van der Waals surface area contributed by atoms with Crippen molar-refractivity contribution in [2.45, 2.75) is 12.8 Å². The molecule has 2 aromatic rings. The normalized spacial score (nSPS) is 12.0. The van der Waals surface area contributed by atoms with Crippen LogP contribution in [0.3, 0.4) is 0 Å². The Labute approximate surface area is 136 Å². The lowest BCUT2D eigenvalue weighted by Crippen LogP contribution is -2.37. The summed E-state index contributed by atoms with van der Waals surface area (Å²) in [4.78, 5) is 35.4. The van der Waals surface area contributed by atoms with E-state index in [0.29, 0.717) is 4.88 Å². The quantitative estimate of drug-likeness (QED) is 0.839. The second-order valence-corrected chi connectivity index (χ2v) is 6.16. The molecule has 1 aromatic carbocycles. The van der Waals surface area contributed by atoms with Crippen LogP contribution in [0.15, 0.2) is 30.3 Å². The molecular weight excluding hydrogens is 316 g/mol. The number of hydrogen-bond donors (Lipinski definition) is 2. The molecule has 0 bridgehead atoms.